The van der Waals surface area contributed by atoms with Gasteiger partial charge in [-0.1, -0.05) is 13.3 Å². The van der Waals surface area contributed by atoms with Gasteiger partial charge in [-0.15, -0.1) is 0 Å². The Kier molecular flexibility index (Phi) is 6.73. The van der Waals surface area contributed by atoms with Crippen LogP contribution in [0, 0.1) is 17.0 Å². The van der Waals surface area contributed by atoms with Crippen molar-refractivity contribution in [2.24, 2.45) is 0 Å². The Morgan fingerprint density at radius 1 is 1.42 bits per heavy atom. The zero-order chi connectivity index (χ0) is 17.5. The summed E-state index contributed by atoms with van der Waals surface area (Å²) in [6.07, 6.45) is 5.99. The molecule has 1 fully saturated rings. The maximum atomic E-state index is 12.2. The molecule has 1 aliphatic rings. The van der Waals surface area contributed by atoms with Crippen molar-refractivity contribution in [3.8, 4) is 0 Å². The van der Waals surface area contributed by atoms with E-state index in [9.17, 15) is 14.9 Å². The van der Waals surface area contributed by atoms with Gasteiger partial charge in [-0.3, -0.25) is 14.9 Å². The van der Waals surface area contributed by atoms with Gasteiger partial charge >= 0.3 is 0 Å². The summed E-state index contributed by atoms with van der Waals surface area (Å²) in [6.45, 7) is 6.69. The van der Waals surface area contributed by atoms with E-state index in [-0.39, 0.29) is 11.6 Å². The molecule has 0 aromatic heterocycles. The lowest BCUT2D eigenvalue weighted by Gasteiger charge is -2.35. The van der Waals surface area contributed by atoms with Crippen LogP contribution in [0.25, 0.3) is 0 Å². The van der Waals surface area contributed by atoms with Gasteiger partial charge in [-0.25, -0.2) is 0 Å². The number of likely N-dealkylation sites (tertiary alicyclic amines) is 1. The van der Waals surface area contributed by atoms with Crippen LogP contribution in [0.4, 0.5) is 5.69 Å². The first-order valence-corrected chi connectivity index (χ1v) is 8.80. The first kappa shape index (κ1) is 18.4. The van der Waals surface area contributed by atoms with E-state index in [1.54, 1.807) is 13.0 Å². The number of rotatable bonds is 7. The molecule has 1 N–H and O–H groups in total. The summed E-state index contributed by atoms with van der Waals surface area (Å²) in [5.41, 5.74) is 1.02. The van der Waals surface area contributed by atoms with Crippen molar-refractivity contribution in [1.29, 1.82) is 0 Å². The third kappa shape index (κ3) is 4.77. The molecule has 0 radical (unpaired) electrons. The molecule has 1 aromatic rings. The lowest BCUT2D eigenvalue weighted by Crippen LogP contribution is -2.40. The van der Waals surface area contributed by atoms with E-state index in [1.807, 2.05) is 0 Å². The SMILES string of the molecule is CC[C@H]1CCCCN1CCCNC(=O)c1ccc([N+](=O)[O-])c(C)c1. The van der Waals surface area contributed by atoms with Crippen molar-refractivity contribution < 1.29 is 9.72 Å². The number of nitro benzene ring substituents is 1. The Bertz CT molecular complexity index is 589. The highest BCUT2D eigenvalue weighted by molar-refractivity contribution is 5.94. The molecule has 0 aliphatic carbocycles. The fourth-order valence-corrected chi connectivity index (χ4v) is 3.40. The highest BCUT2D eigenvalue weighted by Crippen LogP contribution is 2.20. The topological polar surface area (TPSA) is 75.5 Å². The predicted octanol–water partition coefficient (Wildman–Crippen LogP) is 3.29. The molecule has 2 rings (SSSR count). The van der Waals surface area contributed by atoms with Crippen molar-refractivity contribution in [2.45, 2.75) is 52.0 Å². The highest BCUT2D eigenvalue weighted by Gasteiger charge is 2.20. The van der Waals surface area contributed by atoms with E-state index in [1.165, 1.54) is 37.8 Å². The van der Waals surface area contributed by atoms with E-state index in [0.29, 0.717) is 23.7 Å². The second kappa shape index (κ2) is 8.78. The molecule has 0 saturated carbocycles. The van der Waals surface area contributed by atoms with Crippen LogP contribution in [0.1, 0.15) is 54.9 Å². The van der Waals surface area contributed by atoms with Gasteiger partial charge in [0, 0.05) is 36.3 Å². The first-order chi connectivity index (χ1) is 11.5. The standard InChI is InChI=1S/C18H27N3O3/c1-3-16-7-4-5-11-20(16)12-6-10-19-18(22)15-8-9-17(21(23)24)14(2)13-15/h8-9,13,16H,3-7,10-12H2,1-2H3,(H,19,22)/t16-/m0/s1. The summed E-state index contributed by atoms with van der Waals surface area (Å²) in [6, 6.07) is 5.17. The number of hydrogen-bond donors (Lipinski definition) is 1. The molecule has 132 valence electrons. The van der Waals surface area contributed by atoms with E-state index in [0.717, 1.165) is 19.5 Å². The molecule has 0 bridgehead atoms. The molecule has 0 spiro atoms. The fourth-order valence-electron chi connectivity index (χ4n) is 3.40. The number of carbonyl (C=O) groups excluding carboxylic acids is 1. The van der Waals surface area contributed by atoms with Crippen LogP contribution < -0.4 is 5.32 Å². The van der Waals surface area contributed by atoms with Gasteiger partial charge in [0.15, 0.2) is 0 Å². The number of hydrogen-bond acceptors (Lipinski definition) is 4. The molecule has 6 nitrogen and oxygen atoms in total. The van der Waals surface area contributed by atoms with E-state index in [4.69, 9.17) is 0 Å². The molecular formula is C18H27N3O3. The number of benzene rings is 1. The Labute approximate surface area is 143 Å². The second-order valence-electron chi connectivity index (χ2n) is 6.46. The summed E-state index contributed by atoms with van der Waals surface area (Å²) < 4.78 is 0. The number of amides is 1. The van der Waals surface area contributed by atoms with Gasteiger partial charge in [0.2, 0.25) is 0 Å². The first-order valence-electron chi connectivity index (χ1n) is 8.80. The third-order valence-electron chi connectivity index (χ3n) is 4.78. The largest absolute Gasteiger partial charge is 0.352 e. The van der Waals surface area contributed by atoms with Crippen LogP contribution in [-0.2, 0) is 0 Å². The van der Waals surface area contributed by atoms with Gasteiger partial charge in [0.05, 0.1) is 4.92 Å². The predicted molar refractivity (Wildman–Crippen MR) is 94.3 cm³/mol. The summed E-state index contributed by atoms with van der Waals surface area (Å²) in [7, 11) is 0. The third-order valence-corrected chi connectivity index (χ3v) is 4.78. The van der Waals surface area contributed by atoms with E-state index in [2.05, 4.69) is 17.1 Å². The lowest BCUT2D eigenvalue weighted by molar-refractivity contribution is -0.385. The van der Waals surface area contributed by atoms with Gasteiger partial charge in [-0.05, 0) is 51.3 Å². The van der Waals surface area contributed by atoms with Gasteiger partial charge in [-0.2, -0.15) is 0 Å². The zero-order valence-corrected chi connectivity index (χ0v) is 14.6. The van der Waals surface area contributed by atoms with Crippen LogP contribution in [0.5, 0.6) is 0 Å². The van der Waals surface area contributed by atoms with Crippen molar-refractivity contribution in [2.75, 3.05) is 19.6 Å². The minimum atomic E-state index is -0.431. The lowest BCUT2D eigenvalue weighted by atomic mass is 10.00. The molecule has 1 amide bonds. The number of nitrogens with one attached hydrogen (secondary N) is 1. The number of nitro groups is 1. The number of carbonyl (C=O) groups is 1. The fraction of sp³-hybridized carbons (Fsp3) is 0.611. The summed E-state index contributed by atoms with van der Waals surface area (Å²) in [5, 5.41) is 13.7. The van der Waals surface area contributed by atoms with Crippen LogP contribution >= 0.6 is 0 Å². The van der Waals surface area contributed by atoms with Crippen molar-refractivity contribution >= 4 is 11.6 Å². The molecule has 1 saturated heterocycles. The van der Waals surface area contributed by atoms with Crippen LogP contribution in [0.2, 0.25) is 0 Å². The van der Waals surface area contributed by atoms with Gasteiger partial charge in [0.1, 0.15) is 0 Å². The van der Waals surface area contributed by atoms with Crippen molar-refractivity contribution in [3.05, 3.63) is 39.4 Å². The minimum Gasteiger partial charge on any atom is -0.352 e. The maximum absolute atomic E-state index is 12.2. The molecule has 0 unspecified atom stereocenters. The van der Waals surface area contributed by atoms with E-state index >= 15 is 0 Å². The normalized spacial score (nSPS) is 18.3. The second-order valence-corrected chi connectivity index (χ2v) is 6.46. The van der Waals surface area contributed by atoms with Crippen LogP contribution in [-0.4, -0.2) is 41.4 Å². The minimum absolute atomic E-state index is 0.0438. The number of piperidine rings is 1. The van der Waals surface area contributed by atoms with Crippen molar-refractivity contribution in [1.82, 2.24) is 10.2 Å². The Morgan fingerprint density at radius 2 is 2.21 bits per heavy atom. The molecule has 1 atom stereocenters. The summed E-state index contributed by atoms with van der Waals surface area (Å²) >= 11 is 0. The smallest absolute Gasteiger partial charge is 0.272 e. The maximum Gasteiger partial charge on any atom is 0.272 e. The van der Waals surface area contributed by atoms with Crippen LogP contribution in [0.3, 0.4) is 0 Å². The molecule has 1 heterocycles. The molecule has 24 heavy (non-hydrogen) atoms. The Morgan fingerprint density at radius 3 is 2.88 bits per heavy atom. The van der Waals surface area contributed by atoms with E-state index < -0.39 is 4.92 Å². The number of nitrogens with zero attached hydrogens (tertiary/aromatic N) is 2. The van der Waals surface area contributed by atoms with Gasteiger partial charge in [0.25, 0.3) is 11.6 Å². The molecule has 6 heteroatoms. The quantitative estimate of drug-likeness (QED) is 0.472. The molecule has 1 aromatic carbocycles. The monoisotopic (exact) mass is 333 g/mol. The average molecular weight is 333 g/mol. The summed E-state index contributed by atoms with van der Waals surface area (Å²) in [5.74, 6) is -0.168. The van der Waals surface area contributed by atoms with Gasteiger partial charge < -0.3 is 10.2 Å². The number of aryl methyl sites for hydroxylation is 1. The average Bonchev–Trinajstić information content (AvgIpc) is 2.58. The molecule has 1 aliphatic heterocycles. The van der Waals surface area contributed by atoms with Crippen LogP contribution in [0.15, 0.2) is 18.2 Å². The van der Waals surface area contributed by atoms with Crippen molar-refractivity contribution in [3.63, 3.8) is 0 Å². The summed E-state index contributed by atoms with van der Waals surface area (Å²) in [4.78, 5) is 25.1. The Hall–Kier alpha value is -1.95. The zero-order valence-electron chi connectivity index (χ0n) is 14.6. The Balaban J connectivity index is 1.79. The molecular weight excluding hydrogens is 306 g/mol. The highest BCUT2D eigenvalue weighted by atomic mass is 16.6.